The molecule has 0 unspecified atom stereocenters. The molecule has 0 aliphatic carbocycles. The Bertz CT molecular complexity index is 895. The highest BCUT2D eigenvalue weighted by Gasteiger charge is 2.18. The van der Waals surface area contributed by atoms with Gasteiger partial charge in [-0.25, -0.2) is 4.39 Å². The predicted octanol–water partition coefficient (Wildman–Crippen LogP) is 3.60. The number of carbonyl (C=O) groups excluding carboxylic acids is 1. The molecule has 0 atom stereocenters. The number of rotatable bonds is 3. The van der Waals surface area contributed by atoms with Crippen LogP contribution in [0.15, 0.2) is 59.3 Å². The lowest BCUT2D eigenvalue weighted by atomic mass is 10.1. The first kappa shape index (κ1) is 14.5. The van der Waals surface area contributed by atoms with E-state index in [-0.39, 0.29) is 17.1 Å². The Morgan fingerprint density at radius 1 is 1.22 bits per heavy atom. The summed E-state index contributed by atoms with van der Waals surface area (Å²) in [6, 6.07) is 14.1. The number of nitrogens with zero attached hydrogens (tertiary/aromatic N) is 2. The first-order valence-corrected chi connectivity index (χ1v) is 6.69. The van der Waals surface area contributed by atoms with Gasteiger partial charge in [-0.3, -0.25) is 4.79 Å². The van der Waals surface area contributed by atoms with Crippen LogP contribution in [0.4, 0.5) is 10.1 Å². The van der Waals surface area contributed by atoms with Crippen molar-refractivity contribution in [3.8, 4) is 17.4 Å². The molecule has 0 radical (unpaired) electrons. The maximum absolute atomic E-state index is 13.0. The lowest BCUT2D eigenvalue weighted by molar-refractivity contribution is 0.102. The summed E-state index contributed by atoms with van der Waals surface area (Å²) in [6.45, 7) is 0. The summed E-state index contributed by atoms with van der Waals surface area (Å²) in [4.78, 5) is 12.4. The zero-order valence-electron chi connectivity index (χ0n) is 11.8. The number of hydrogen-bond acceptors (Lipinski definition) is 4. The van der Waals surface area contributed by atoms with Gasteiger partial charge in [0.15, 0.2) is 5.76 Å². The molecule has 0 spiro atoms. The van der Waals surface area contributed by atoms with E-state index in [9.17, 15) is 9.18 Å². The van der Waals surface area contributed by atoms with Crippen LogP contribution in [-0.4, -0.2) is 11.1 Å². The van der Waals surface area contributed by atoms with Crippen LogP contribution in [0.5, 0.6) is 0 Å². The predicted molar refractivity (Wildman–Crippen MR) is 81.0 cm³/mol. The Kier molecular flexibility index (Phi) is 3.85. The lowest BCUT2D eigenvalue weighted by Gasteiger charge is -2.05. The normalized spacial score (nSPS) is 10.1. The highest BCUT2D eigenvalue weighted by molar-refractivity contribution is 6.07. The molecule has 0 aliphatic rings. The Morgan fingerprint density at radius 3 is 2.74 bits per heavy atom. The number of nitriles is 1. The van der Waals surface area contributed by atoms with E-state index in [1.165, 1.54) is 30.5 Å². The van der Waals surface area contributed by atoms with Gasteiger partial charge in [-0.15, -0.1) is 0 Å². The number of nitrogens with one attached hydrogen (secondary N) is 1. The van der Waals surface area contributed by atoms with Gasteiger partial charge in [-0.1, -0.05) is 11.2 Å². The average molecular weight is 307 g/mol. The van der Waals surface area contributed by atoms with E-state index < -0.39 is 5.91 Å². The van der Waals surface area contributed by atoms with Crippen LogP contribution < -0.4 is 5.32 Å². The molecule has 1 aromatic heterocycles. The Balaban J connectivity index is 1.88. The molecule has 0 aliphatic heterocycles. The Morgan fingerprint density at radius 2 is 2.00 bits per heavy atom. The van der Waals surface area contributed by atoms with Crippen molar-refractivity contribution in [1.29, 1.82) is 5.26 Å². The highest BCUT2D eigenvalue weighted by atomic mass is 19.1. The molecule has 2 aromatic carbocycles. The van der Waals surface area contributed by atoms with E-state index in [0.717, 1.165) is 0 Å². The third-order valence-electron chi connectivity index (χ3n) is 3.17. The molecule has 3 rings (SSSR count). The summed E-state index contributed by atoms with van der Waals surface area (Å²) in [7, 11) is 0. The van der Waals surface area contributed by atoms with Gasteiger partial charge in [0.1, 0.15) is 11.4 Å². The van der Waals surface area contributed by atoms with Crippen LogP contribution in [0.3, 0.4) is 0 Å². The molecule has 0 fully saturated rings. The first-order chi connectivity index (χ1) is 11.2. The molecule has 1 amide bonds. The van der Waals surface area contributed by atoms with Crippen LogP contribution in [0.2, 0.25) is 0 Å². The third kappa shape index (κ3) is 3.09. The summed E-state index contributed by atoms with van der Waals surface area (Å²) in [5.74, 6) is -0.563. The first-order valence-electron chi connectivity index (χ1n) is 6.69. The summed E-state index contributed by atoms with van der Waals surface area (Å²) < 4.78 is 18.1. The largest absolute Gasteiger partial charge is 0.355 e. The van der Waals surface area contributed by atoms with Gasteiger partial charge in [0.25, 0.3) is 5.91 Å². The average Bonchev–Trinajstić information content (AvgIpc) is 3.05. The van der Waals surface area contributed by atoms with Gasteiger partial charge in [-0.2, -0.15) is 5.26 Å². The quantitative estimate of drug-likeness (QED) is 0.801. The van der Waals surface area contributed by atoms with Gasteiger partial charge in [0, 0.05) is 11.3 Å². The molecule has 0 saturated heterocycles. The molecule has 5 nitrogen and oxygen atoms in total. The zero-order chi connectivity index (χ0) is 16.2. The van der Waals surface area contributed by atoms with Crippen molar-refractivity contribution < 1.29 is 13.7 Å². The van der Waals surface area contributed by atoms with E-state index >= 15 is 0 Å². The maximum Gasteiger partial charge on any atom is 0.261 e. The van der Waals surface area contributed by atoms with Crippen molar-refractivity contribution in [2.45, 2.75) is 0 Å². The van der Waals surface area contributed by atoms with E-state index in [2.05, 4.69) is 10.5 Å². The van der Waals surface area contributed by atoms with Crippen LogP contribution in [0.1, 0.15) is 15.9 Å². The SMILES string of the molecule is N#Cc1cccc(NC(=O)c2cnoc2-c2ccc(F)cc2)c1. The number of anilines is 1. The van der Waals surface area contributed by atoms with Crippen LogP contribution in [0.25, 0.3) is 11.3 Å². The van der Waals surface area contributed by atoms with Gasteiger partial charge >= 0.3 is 0 Å². The van der Waals surface area contributed by atoms with Crippen molar-refractivity contribution >= 4 is 11.6 Å². The third-order valence-corrected chi connectivity index (χ3v) is 3.17. The second-order valence-corrected chi connectivity index (χ2v) is 4.72. The molecule has 112 valence electrons. The summed E-state index contributed by atoms with van der Waals surface area (Å²) >= 11 is 0. The van der Waals surface area contributed by atoms with Crippen molar-refractivity contribution in [3.63, 3.8) is 0 Å². The minimum Gasteiger partial charge on any atom is -0.355 e. The Labute approximate surface area is 131 Å². The molecular formula is C17H10FN3O2. The number of carbonyl (C=O) groups is 1. The molecular weight excluding hydrogens is 297 g/mol. The van der Waals surface area contributed by atoms with Crippen molar-refractivity contribution in [1.82, 2.24) is 5.16 Å². The van der Waals surface area contributed by atoms with Gasteiger partial charge in [0.05, 0.1) is 17.8 Å². The minimum absolute atomic E-state index is 0.221. The van der Waals surface area contributed by atoms with Gasteiger partial charge in [0.2, 0.25) is 0 Å². The number of halogens is 1. The second-order valence-electron chi connectivity index (χ2n) is 4.72. The number of benzene rings is 2. The van der Waals surface area contributed by atoms with Gasteiger partial charge in [-0.05, 0) is 42.5 Å². The molecule has 0 bridgehead atoms. The minimum atomic E-state index is -0.430. The topological polar surface area (TPSA) is 78.9 Å². The molecule has 3 aromatic rings. The fraction of sp³-hybridized carbons (Fsp3) is 0. The highest BCUT2D eigenvalue weighted by Crippen LogP contribution is 2.24. The van der Waals surface area contributed by atoms with Crippen molar-refractivity contribution in [2.75, 3.05) is 5.32 Å². The number of aromatic nitrogens is 1. The number of amides is 1. The van der Waals surface area contributed by atoms with E-state index in [4.69, 9.17) is 9.78 Å². The summed E-state index contributed by atoms with van der Waals surface area (Å²) in [5, 5.41) is 15.2. The molecule has 23 heavy (non-hydrogen) atoms. The fourth-order valence-electron chi connectivity index (χ4n) is 2.08. The van der Waals surface area contributed by atoms with Crippen molar-refractivity contribution in [3.05, 3.63) is 71.7 Å². The van der Waals surface area contributed by atoms with Crippen molar-refractivity contribution in [2.24, 2.45) is 0 Å². The van der Waals surface area contributed by atoms with E-state index in [1.54, 1.807) is 24.3 Å². The van der Waals surface area contributed by atoms with Crippen LogP contribution >= 0.6 is 0 Å². The standard InChI is InChI=1S/C17H10FN3O2/c18-13-6-4-12(5-7-13)16-15(10-20-23-16)17(22)21-14-3-1-2-11(8-14)9-19/h1-8,10H,(H,21,22). The number of hydrogen-bond donors (Lipinski definition) is 1. The molecule has 1 N–H and O–H groups in total. The maximum atomic E-state index is 13.0. The fourth-order valence-corrected chi connectivity index (χ4v) is 2.08. The molecule has 0 saturated carbocycles. The van der Waals surface area contributed by atoms with Crippen LogP contribution in [-0.2, 0) is 0 Å². The zero-order valence-corrected chi connectivity index (χ0v) is 11.8. The lowest BCUT2D eigenvalue weighted by Crippen LogP contribution is -2.12. The van der Waals surface area contributed by atoms with Crippen LogP contribution in [0, 0.1) is 17.1 Å². The summed E-state index contributed by atoms with van der Waals surface area (Å²) in [6.07, 6.45) is 1.29. The smallest absolute Gasteiger partial charge is 0.261 e. The van der Waals surface area contributed by atoms with E-state index in [1.807, 2.05) is 6.07 Å². The van der Waals surface area contributed by atoms with Gasteiger partial charge < -0.3 is 9.84 Å². The second kappa shape index (κ2) is 6.12. The Hall–Kier alpha value is -3.46. The van der Waals surface area contributed by atoms with E-state index in [0.29, 0.717) is 16.8 Å². The summed E-state index contributed by atoms with van der Waals surface area (Å²) in [5.41, 5.74) is 1.69. The molecule has 6 heteroatoms. The molecule has 1 heterocycles. The monoisotopic (exact) mass is 307 g/mol.